The molecule has 0 unspecified atom stereocenters. The fourth-order valence-electron chi connectivity index (χ4n) is 3.41. The average Bonchev–Trinajstić information content (AvgIpc) is 3.07. The van der Waals surface area contributed by atoms with Crippen LogP contribution in [0, 0.1) is 0 Å². The van der Waals surface area contributed by atoms with E-state index < -0.39 is 0 Å². The Hall–Kier alpha value is -4.26. The number of nitrogens with one attached hydrogen (secondary N) is 2. The van der Waals surface area contributed by atoms with Crippen LogP contribution < -0.4 is 21.5 Å². The maximum atomic E-state index is 12.5. The molecule has 0 aliphatic carbocycles. The van der Waals surface area contributed by atoms with Gasteiger partial charge >= 0.3 is 0 Å². The van der Waals surface area contributed by atoms with Crippen molar-refractivity contribution in [3.05, 3.63) is 93.4 Å². The van der Waals surface area contributed by atoms with E-state index in [-0.39, 0.29) is 16.8 Å². The summed E-state index contributed by atoms with van der Waals surface area (Å²) >= 11 is 0. The lowest BCUT2D eigenvalue weighted by molar-refractivity contribution is 0.482. The summed E-state index contributed by atoms with van der Waals surface area (Å²) in [6, 6.07) is 21.4. The highest BCUT2D eigenvalue weighted by Crippen LogP contribution is 2.27. The van der Waals surface area contributed by atoms with Crippen LogP contribution in [-0.4, -0.2) is 14.8 Å². The number of H-pyrrole nitrogens is 2. The van der Waals surface area contributed by atoms with Crippen molar-refractivity contribution in [1.82, 2.24) is 14.8 Å². The van der Waals surface area contributed by atoms with E-state index in [0.717, 1.165) is 11.4 Å². The van der Waals surface area contributed by atoms with Gasteiger partial charge in [0.2, 0.25) is 0 Å². The molecule has 0 atom stereocenters. The predicted molar refractivity (Wildman–Crippen MR) is 113 cm³/mol. The van der Waals surface area contributed by atoms with Crippen molar-refractivity contribution in [3.8, 4) is 17.2 Å². The van der Waals surface area contributed by atoms with E-state index in [2.05, 4.69) is 10.1 Å². The Bertz CT molecular complexity index is 1460. The minimum Gasteiger partial charge on any atom is -0.457 e. The first-order chi connectivity index (χ1) is 14.1. The molecule has 3 aromatic carbocycles. The number of aromatic nitrogens is 3. The number of para-hydroxylation sites is 1. The van der Waals surface area contributed by atoms with E-state index in [9.17, 15) is 9.59 Å². The normalized spacial score (nSPS) is 11.2. The van der Waals surface area contributed by atoms with Gasteiger partial charge in [-0.15, -0.1) is 0 Å². The van der Waals surface area contributed by atoms with Gasteiger partial charge in [0.05, 0.1) is 16.7 Å². The molecular weight excluding hydrogens is 368 g/mol. The quantitative estimate of drug-likeness (QED) is 0.442. The minimum atomic E-state index is -0.352. The summed E-state index contributed by atoms with van der Waals surface area (Å²) in [5.74, 6) is 1.71. The number of benzene rings is 3. The molecule has 29 heavy (non-hydrogen) atoms. The van der Waals surface area contributed by atoms with Crippen molar-refractivity contribution in [2.75, 3.05) is 5.73 Å². The third-order valence-electron chi connectivity index (χ3n) is 4.78. The number of anilines is 1. The topological polar surface area (TPSA) is 106 Å². The third-order valence-corrected chi connectivity index (χ3v) is 4.78. The van der Waals surface area contributed by atoms with Crippen LogP contribution in [0.2, 0.25) is 0 Å². The van der Waals surface area contributed by atoms with Crippen molar-refractivity contribution in [3.63, 3.8) is 0 Å². The molecule has 0 saturated carbocycles. The molecule has 7 nitrogen and oxygen atoms in total. The maximum Gasteiger partial charge on any atom is 0.261 e. The van der Waals surface area contributed by atoms with Crippen LogP contribution >= 0.6 is 0 Å². The second-order valence-corrected chi connectivity index (χ2v) is 6.65. The average molecular weight is 384 g/mol. The first-order valence-electron chi connectivity index (χ1n) is 9.00. The molecule has 0 aliphatic heterocycles. The molecule has 4 N–H and O–H groups in total. The molecular formula is C22H16N4O3. The number of aromatic amines is 2. The molecule has 2 aromatic heterocycles. The number of ether oxygens (including phenoxy) is 1. The molecule has 0 radical (unpaired) electrons. The van der Waals surface area contributed by atoms with Crippen molar-refractivity contribution in [2.24, 2.45) is 0 Å². The molecule has 0 fully saturated rings. The summed E-state index contributed by atoms with van der Waals surface area (Å²) in [6.45, 7) is 0. The molecule has 0 amide bonds. The molecule has 0 aliphatic rings. The fourth-order valence-corrected chi connectivity index (χ4v) is 3.41. The molecule has 5 rings (SSSR count). The molecule has 2 heterocycles. The van der Waals surface area contributed by atoms with Gasteiger partial charge in [0.1, 0.15) is 22.7 Å². The summed E-state index contributed by atoms with van der Waals surface area (Å²) in [5, 5.41) is 4.25. The zero-order valence-electron chi connectivity index (χ0n) is 15.2. The standard InChI is InChI=1S/C22H16N4O3/c23-21-19-20(17-11-8-14(27)12-18(17)24-22(19)28)25-26(21)13-6-9-16(10-7-13)29-15-4-2-1-3-5-15/h1-12,25H,23H2,(H,24,28). The Morgan fingerprint density at radius 2 is 1.59 bits per heavy atom. The van der Waals surface area contributed by atoms with E-state index in [1.807, 2.05) is 54.6 Å². The van der Waals surface area contributed by atoms with Crippen LogP contribution in [0.4, 0.5) is 5.82 Å². The van der Waals surface area contributed by atoms with Gasteiger partial charge in [-0.25, -0.2) is 4.68 Å². The van der Waals surface area contributed by atoms with E-state index in [1.54, 1.807) is 10.7 Å². The smallest absolute Gasteiger partial charge is 0.261 e. The zero-order chi connectivity index (χ0) is 20.0. The van der Waals surface area contributed by atoms with Gasteiger partial charge in [-0.05, 0) is 48.5 Å². The minimum absolute atomic E-state index is 0.172. The van der Waals surface area contributed by atoms with Gasteiger partial charge in [0, 0.05) is 11.5 Å². The second kappa shape index (κ2) is 6.42. The van der Waals surface area contributed by atoms with Gasteiger partial charge in [-0.3, -0.25) is 14.7 Å². The Kier molecular flexibility index (Phi) is 3.74. The van der Waals surface area contributed by atoms with Gasteiger partial charge < -0.3 is 15.5 Å². The van der Waals surface area contributed by atoms with Crippen molar-refractivity contribution in [2.45, 2.75) is 0 Å². The van der Waals surface area contributed by atoms with Gasteiger partial charge in [-0.2, -0.15) is 0 Å². The molecule has 142 valence electrons. The monoisotopic (exact) mass is 384 g/mol. The van der Waals surface area contributed by atoms with Crippen LogP contribution in [-0.2, 0) is 0 Å². The Morgan fingerprint density at radius 3 is 2.34 bits per heavy atom. The second-order valence-electron chi connectivity index (χ2n) is 6.65. The summed E-state index contributed by atoms with van der Waals surface area (Å²) in [7, 11) is 0. The lowest BCUT2D eigenvalue weighted by Gasteiger charge is -2.08. The van der Waals surface area contributed by atoms with Crippen LogP contribution in [0.25, 0.3) is 27.5 Å². The Labute approximate surface area is 164 Å². The van der Waals surface area contributed by atoms with Crippen molar-refractivity contribution >= 4 is 27.6 Å². The first kappa shape index (κ1) is 16.9. The highest BCUT2D eigenvalue weighted by atomic mass is 16.5. The fraction of sp³-hybridized carbons (Fsp3) is 0. The maximum absolute atomic E-state index is 12.5. The SMILES string of the molecule is Nc1c2c(=O)[nH]c3cc(=O)ccc3c2[nH]n1-c1ccc(Oc2ccccc2)cc1. The molecule has 7 heteroatoms. The molecule has 0 spiro atoms. The van der Waals surface area contributed by atoms with E-state index in [4.69, 9.17) is 10.5 Å². The number of hydrogen-bond acceptors (Lipinski definition) is 4. The number of hydrogen-bond donors (Lipinski definition) is 3. The van der Waals surface area contributed by atoms with Gasteiger partial charge in [-0.1, -0.05) is 18.2 Å². The lowest BCUT2D eigenvalue weighted by atomic mass is 10.1. The largest absolute Gasteiger partial charge is 0.457 e. The Balaban J connectivity index is 1.61. The highest BCUT2D eigenvalue weighted by molar-refractivity contribution is 6.06. The van der Waals surface area contributed by atoms with Crippen LogP contribution in [0.1, 0.15) is 0 Å². The Morgan fingerprint density at radius 1 is 0.862 bits per heavy atom. The number of pyridine rings is 1. The van der Waals surface area contributed by atoms with E-state index in [1.165, 1.54) is 12.1 Å². The molecule has 5 aromatic rings. The van der Waals surface area contributed by atoms with Gasteiger partial charge in [0.15, 0.2) is 5.43 Å². The number of nitrogen functional groups attached to an aromatic ring is 1. The van der Waals surface area contributed by atoms with Crippen LogP contribution in [0.3, 0.4) is 0 Å². The number of nitrogens with zero attached hydrogens (tertiary/aromatic N) is 1. The van der Waals surface area contributed by atoms with Crippen molar-refractivity contribution in [1.29, 1.82) is 0 Å². The highest BCUT2D eigenvalue weighted by Gasteiger charge is 2.15. The van der Waals surface area contributed by atoms with Crippen LogP contribution in [0.15, 0.2) is 82.4 Å². The summed E-state index contributed by atoms with van der Waals surface area (Å²) in [6.07, 6.45) is 0. The first-order valence-corrected chi connectivity index (χ1v) is 9.00. The molecule has 0 saturated heterocycles. The van der Waals surface area contributed by atoms with E-state index >= 15 is 0 Å². The third kappa shape index (κ3) is 2.85. The summed E-state index contributed by atoms with van der Waals surface area (Å²) in [5.41, 5.74) is 7.53. The summed E-state index contributed by atoms with van der Waals surface area (Å²) < 4.78 is 7.45. The summed E-state index contributed by atoms with van der Waals surface area (Å²) in [4.78, 5) is 26.9. The predicted octanol–water partition coefficient (Wildman–Crippen LogP) is 3.53. The van der Waals surface area contributed by atoms with E-state index in [0.29, 0.717) is 27.6 Å². The van der Waals surface area contributed by atoms with Crippen LogP contribution in [0.5, 0.6) is 11.5 Å². The molecule has 0 bridgehead atoms. The lowest BCUT2D eigenvalue weighted by Crippen LogP contribution is -2.09. The number of fused-ring (bicyclic) bond motifs is 3. The van der Waals surface area contributed by atoms with Gasteiger partial charge in [0.25, 0.3) is 5.56 Å². The number of nitrogens with two attached hydrogens (primary N) is 1. The van der Waals surface area contributed by atoms with Crippen molar-refractivity contribution < 1.29 is 4.74 Å². The zero-order valence-corrected chi connectivity index (χ0v) is 15.2. The number of rotatable bonds is 3.